The Bertz CT molecular complexity index is 2070. The van der Waals surface area contributed by atoms with Gasteiger partial charge < -0.3 is 34.1 Å². The molecule has 12 nitrogen and oxygen atoms in total. The molecule has 2 atom stereocenters. The Balaban J connectivity index is 0.000000332. The third-order valence-corrected chi connectivity index (χ3v) is 12.4. The molecule has 0 bridgehead atoms. The van der Waals surface area contributed by atoms with E-state index in [-0.39, 0.29) is 19.1 Å². The van der Waals surface area contributed by atoms with Gasteiger partial charge in [0.25, 0.3) is 0 Å². The van der Waals surface area contributed by atoms with Crippen LogP contribution in [0, 0.1) is 0 Å². The summed E-state index contributed by atoms with van der Waals surface area (Å²) in [5.41, 5.74) is 2.05. The van der Waals surface area contributed by atoms with Gasteiger partial charge in [0.15, 0.2) is 0 Å². The number of rotatable bonds is 18. The maximum Gasteiger partial charge on any atom is 0.338 e. The molecule has 0 radical (unpaired) electrons. The Hall–Kier alpha value is -4.51. The van der Waals surface area contributed by atoms with Gasteiger partial charge in [-0.25, -0.2) is 9.59 Å². The number of carboxylic acids is 1. The smallest absolute Gasteiger partial charge is 0.338 e. The van der Waals surface area contributed by atoms with Gasteiger partial charge in [0.2, 0.25) is 5.91 Å². The molecule has 16 heteroatoms. The van der Waals surface area contributed by atoms with E-state index >= 15 is 0 Å². The normalized spacial score (nSPS) is 11.8. The van der Waals surface area contributed by atoms with Crippen LogP contribution >= 0.6 is 55.4 Å². The van der Waals surface area contributed by atoms with E-state index in [9.17, 15) is 29.1 Å². The lowest BCUT2D eigenvalue weighted by Gasteiger charge is -2.21. The van der Waals surface area contributed by atoms with Crippen LogP contribution in [0.4, 0.5) is 0 Å². The molecular formula is C44H49Br2NO11S2. The van der Waals surface area contributed by atoms with Crippen LogP contribution in [0.15, 0.2) is 104 Å². The number of benzene rings is 4. The third-order valence-electron chi connectivity index (χ3n) is 7.98. The quantitative estimate of drug-likeness (QED) is 0.0552. The molecule has 0 saturated heterocycles. The number of ether oxygens (including phenoxy) is 5. The van der Waals surface area contributed by atoms with Crippen LogP contribution < -0.4 is 14.8 Å². The van der Waals surface area contributed by atoms with Crippen molar-refractivity contribution < 1.29 is 52.8 Å². The van der Waals surface area contributed by atoms with Crippen LogP contribution in [0.1, 0.15) is 66.5 Å². The molecule has 4 aromatic rings. The van der Waals surface area contributed by atoms with E-state index in [1.807, 2.05) is 48.5 Å². The topological polar surface area (TPSA) is 164 Å². The Morgan fingerprint density at radius 1 is 0.667 bits per heavy atom. The van der Waals surface area contributed by atoms with E-state index in [0.717, 1.165) is 32.4 Å². The highest BCUT2D eigenvalue weighted by molar-refractivity contribution is 9.10. The summed E-state index contributed by atoms with van der Waals surface area (Å²) in [6.45, 7) is 9.17. The number of hydrogen-bond acceptors (Lipinski definition) is 12. The van der Waals surface area contributed by atoms with Gasteiger partial charge in [0.1, 0.15) is 28.9 Å². The molecule has 0 unspecified atom stereocenters. The van der Waals surface area contributed by atoms with Gasteiger partial charge in [0.05, 0.1) is 43.8 Å². The molecule has 1 amide bonds. The number of esters is 3. The van der Waals surface area contributed by atoms with E-state index in [1.165, 1.54) is 23.5 Å². The van der Waals surface area contributed by atoms with Crippen molar-refractivity contribution in [3.63, 3.8) is 0 Å². The minimum absolute atomic E-state index is 0.223. The second-order valence-corrected chi connectivity index (χ2v) is 17.9. The zero-order valence-corrected chi connectivity index (χ0v) is 39.2. The second kappa shape index (κ2) is 24.7. The van der Waals surface area contributed by atoms with E-state index in [1.54, 1.807) is 85.2 Å². The monoisotopic (exact) mass is 989 g/mol. The highest BCUT2D eigenvalue weighted by Gasteiger charge is 2.25. The van der Waals surface area contributed by atoms with Crippen molar-refractivity contribution in [2.45, 2.75) is 73.4 Å². The fraction of sp³-hybridized carbons (Fsp3) is 0.341. The van der Waals surface area contributed by atoms with E-state index in [2.05, 4.69) is 37.2 Å². The lowest BCUT2D eigenvalue weighted by molar-refractivity contribution is -0.154. The number of halogens is 2. The summed E-state index contributed by atoms with van der Waals surface area (Å²) in [5.74, 6) is -1.07. The fourth-order valence-corrected chi connectivity index (χ4v) is 8.56. The van der Waals surface area contributed by atoms with Crippen LogP contribution in [0.25, 0.3) is 0 Å². The minimum atomic E-state index is -0.896. The molecular weight excluding hydrogens is 942 g/mol. The Morgan fingerprint density at radius 3 is 1.45 bits per heavy atom. The van der Waals surface area contributed by atoms with Gasteiger partial charge in [-0.1, -0.05) is 24.3 Å². The van der Waals surface area contributed by atoms with E-state index < -0.39 is 40.0 Å². The van der Waals surface area contributed by atoms with Crippen molar-refractivity contribution in [1.29, 1.82) is 0 Å². The number of carbonyl (C=O) groups excluding carboxylic acids is 4. The highest BCUT2D eigenvalue weighted by Crippen LogP contribution is 2.35. The molecule has 0 fully saturated rings. The largest absolute Gasteiger partial charge is 0.497 e. The van der Waals surface area contributed by atoms with Gasteiger partial charge in [-0.15, -0.1) is 23.5 Å². The molecule has 0 aliphatic heterocycles. The number of carboxylic acid groups (broad SMARTS) is 1. The summed E-state index contributed by atoms with van der Waals surface area (Å²) in [6.07, 6.45) is 0.789. The van der Waals surface area contributed by atoms with Gasteiger partial charge in [-0.2, -0.15) is 0 Å². The number of hydrogen-bond donors (Lipinski definition) is 2. The predicted octanol–water partition coefficient (Wildman–Crippen LogP) is 9.22. The standard InChI is InChI=1S/C25H30BrNO6S.C19H19BrO5S/c1-6-32-24(30)17-9-12-20(19(26)14-17)34-21(13-16-7-10-18(31-5)11-8-16)23(29)27-15-22(28)33-25(2,3)4;1-3-25-19(23)13-6-9-16(15(20)11-13)26-17(18(21)22)10-12-4-7-14(24-2)8-5-12/h7-12,14,21H,6,13,15H2,1-5H3,(H,27,29);4-9,11,17H,3,10H2,1-2H3,(H,21,22)/t21-;17-/m00/s1. The number of aliphatic carboxylic acids is 1. The van der Waals surface area contributed by atoms with Crippen molar-refractivity contribution in [2.75, 3.05) is 34.0 Å². The first-order chi connectivity index (χ1) is 28.5. The molecule has 0 aliphatic carbocycles. The maximum absolute atomic E-state index is 13.1. The molecule has 0 heterocycles. The minimum Gasteiger partial charge on any atom is -0.497 e. The van der Waals surface area contributed by atoms with Crippen LogP contribution in [0.3, 0.4) is 0 Å². The predicted molar refractivity (Wildman–Crippen MR) is 239 cm³/mol. The van der Waals surface area contributed by atoms with E-state index in [0.29, 0.717) is 39.5 Å². The van der Waals surface area contributed by atoms with Gasteiger partial charge in [0, 0.05) is 18.7 Å². The van der Waals surface area contributed by atoms with Gasteiger partial charge >= 0.3 is 23.9 Å². The molecule has 4 rings (SSSR count). The van der Waals surface area contributed by atoms with E-state index in [4.69, 9.17) is 23.7 Å². The van der Waals surface area contributed by atoms with Crippen LogP contribution in [0.2, 0.25) is 0 Å². The first-order valence-corrected chi connectivity index (χ1v) is 22.1. The number of amides is 1. The first-order valence-electron chi connectivity index (χ1n) is 18.7. The summed E-state index contributed by atoms with van der Waals surface area (Å²) in [6, 6.07) is 24.9. The molecule has 0 saturated carbocycles. The Kier molecular flexibility index (Phi) is 20.5. The van der Waals surface area contributed by atoms with Crippen molar-refractivity contribution in [1.82, 2.24) is 5.32 Å². The third kappa shape index (κ3) is 16.9. The number of methoxy groups -OCH3 is 2. The fourth-order valence-electron chi connectivity index (χ4n) is 5.15. The number of nitrogens with one attached hydrogen (secondary N) is 1. The van der Waals surface area contributed by atoms with Crippen LogP contribution in [-0.2, 0) is 41.4 Å². The van der Waals surface area contributed by atoms with Crippen molar-refractivity contribution >= 4 is 85.2 Å². The van der Waals surface area contributed by atoms with Crippen molar-refractivity contribution in [3.8, 4) is 11.5 Å². The molecule has 60 heavy (non-hydrogen) atoms. The van der Waals surface area contributed by atoms with Crippen molar-refractivity contribution in [3.05, 3.63) is 116 Å². The van der Waals surface area contributed by atoms with Crippen LogP contribution in [0.5, 0.6) is 11.5 Å². The lowest BCUT2D eigenvalue weighted by atomic mass is 10.1. The second-order valence-electron chi connectivity index (χ2n) is 13.7. The number of carbonyl (C=O) groups is 5. The van der Waals surface area contributed by atoms with Gasteiger partial charge in [-0.3, -0.25) is 14.4 Å². The summed E-state index contributed by atoms with van der Waals surface area (Å²) in [7, 11) is 3.18. The van der Waals surface area contributed by atoms with Crippen molar-refractivity contribution in [2.24, 2.45) is 0 Å². The zero-order chi connectivity index (χ0) is 44.4. The Labute approximate surface area is 376 Å². The summed E-state index contributed by atoms with van der Waals surface area (Å²) >= 11 is 9.47. The Morgan fingerprint density at radius 2 is 1.08 bits per heavy atom. The maximum atomic E-state index is 13.1. The molecule has 322 valence electrons. The summed E-state index contributed by atoms with van der Waals surface area (Å²) in [4.78, 5) is 62.1. The molecule has 4 aromatic carbocycles. The summed E-state index contributed by atoms with van der Waals surface area (Å²) < 4.78 is 26.9. The first kappa shape index (κ1) is 49.8. The molecule has 0 aromatic heterocycles. The highest BCUT2D eigenvalue weighted by atomic mass is 79.9. The SMILES string of the molecule is CCOC(=O)c1ccc(S[C@@H](Cc2ccc(OC)cc2)C(=O)NCC(=O)OC(C)(C)C)c(Br)c1.CCOC(=O)c1ccc(S[C@@H](Cc2ccc(OC)cc2)C(=O)O)c(Br)c1. The molecule has 0 aliphatic rings. The lowest BCUT2D eigenvalue weighted by Crippen LogP contribution is -2.39. The van der Waals surface area contributed by atoms with Crippen LogP contribution in [-0.4, -0.2) is 85.0 Å². The molecule has 0 spiro atoms. The zero-order valence-electron chi connectivity index (χ0n) is 34.4. The average molecular weight is 992 g/mol. The van der Waals surface area contributed by atoms with Gasteiger partial charge in [-0.05, 0) is 151 Å². The average Bonchev–Trinajstić information content (AvgIpc) is 3.21. The molecule has 2 N–H and O–H groups in total. The number of thioether (sulfide) groups is 2. The summed E-state index contributed by atoms with van der Waals surface area (Å²) in [5, 5.41) is 11.1.